The van der Waals surface area contributed by atoms with Crippen LogP contribution in [0.15, 0.2) is 22.9 Å². The summed E-state index contributed by atoms with van der Waals surface area (Å²) in [6, 6.07) is 4.34. The molecule has 1 N–H and O–H groups in total. The van der Waals surface area contributed by atoms with Crippen LogP contribution in [-0.2, 0) is 9.53 Å². The lowest BCUT2D eigenvalue weighted by Crippen LogP contribution is -2.42. The Kier molecular flexibility index (Phi) is 6.45. The largest absolute Gasteiger partial charge is 0.462 e. The number of likely N-dealkylation sites (tertiary alicyclic amines) is 1. The second-order valence-corrected chi connectivity index (χ2v) is 8.24. The highest BCUT2D eigenvalue weighted by Gasteiger charge is 2.25. The van der Waals surface area contributed by atoms with Crippen molar-refractivity contribution in [2.45, 2.75) is 39.2 Å². The molecule has 7 heteroatoms. The molecule has 1 fully saturated rings. The van der Waals surface area contributed by atoms with Crippen molar-refractivity contribution in [1.29, 1.82) is 0 Å². The zero-order valence-electron chi connectivity index (χ0n) is 15.1. The Bertz CT molecular complexity index is 755. The van der Waals surface area contributed by atoms with E-state index in [1.807, 2.05) is 22.9 Å². The number of rotatable bonds is 6. The van der Waals surface area contributed by atoms with Crippen molar-refractivity contribution in [2.24, 2.45) is 0 Å². The molecule has 3 rings (SSSR count). The Morgan fingerprint density at radius 2 is 2.19 bits per heavy atom. The van der Waals surface area contributed by atoms with Gasteiger partial charge in [0, 0.05) is 21.9 Å². The summed E-state index contributed by atoms with van der Waals surface area (Å²) in [6.45, 7) is 5.55. The molecule has 1 aliphatic heterocycles. The first-order valence-electron chi connectivity index (χ1n) is 8.96. The third kappa shape index (κ3) is 4.34. The molecule has 5 nitrogen and oxygen atoms in total. The average Bonchev–Trinajstić information content (AvgIpc) is 3.26. The molecule has 26 heavy (non-hydrogen) atoms. The number of piperidine rings is 1. The van der Waals surface area contributed by atoms with E-state index in [9.17, 15) is 9.59 Å². The van der Waals surface area contributed by atoms with Gasteiger partial charge in [-0.25, -0.2) is 4.79 Å². The number of nitrogens with one attached hydrogen (secondary N) is 1. The van der Waals surface area contributed by atoms with Gasteiger partial charge in [-0.2, -0.15) is 0 Å². The Hall–Kier alpha value is -1.70. The second-order valence-electron chi connectivity index (χ2n) is 6.41. The van der Waals surface area contributed by atoms with Gasteiger partial charge in [0.2, 0.25) is 5.91 Å². The van der Waals surface area contributed by atoms with Gasteiger partial charge in [0.05, 0.1) is 13.2 Å². The van der Waals surface area contributed by atoms with Crippen LogP contribution in [0.5, 0.6) is 0 Å². The minimum absolute atomic E-state index is 0.0797. The molecule has 0 radical (unpaired) electrons. The van der Waals surface area contributed by atoms with Gasteiger partial charge in [0.25, 0.3) is 0 Å². The fraction of sp³-hybridized carbons (Fsp3) is 0.474. The van der Waals surface area contributed by atoms with Crippen LogP contribution in [0, 0.1) is 0 Å². The van der Waals surface area contributed by atoms with Crippen molar-refractivity contribution in [2.75, 3.05) is 25.0 Å². The van der Waals surface area contributed by atoms with E-state index in [1.165, 1.54) is 17.8 Å². The Morgan fingerprint density at radius 1 is 1.35 bits per heavy atom. The predicted octanol–water partition coefficient (Wildman–Crippen LogP) is 4.47. The fourth-order valence-electron chi connectivity index (χ4n) is 3.21. The minimum atomic E-state index is -0.390. The zero-order valence-corrected chi connectivity index (χ0v) is 16.8. The number of ether oxygens (including phenoxy) is 1. The predicted molar refractivity (Wildman–Crippen MR) is 107 cm³/mol. The van der Waals surface area contributed by atoms with Crippen LogP contribution in [0.1, 0.15) is 43.5 Å². The number of carbonyl (C=O) groups excluding carboxylic acids is 2. The first-order valence-corrected chi connectivity index (χ1v) is 10.7. The number of anilines is 1. The van der Waals surface area contributed by atoms with Crippen molar-refractivity contribution in [3.05, 3.63) is 28.5 Å². The second kappa shape index (κ2) is 8.79. The zero-order chi connectivity index (χ0) is 18.5. The number of amides is 1. The monoisotopic (exact) mass is 392 g/mol. The van der Waals surface area contributed by atoms with Gasteiger partial charge in [0.1, 0.15) is 10.6 Å². The van der Waals surface area contributed by atoms with Crippen LogP contribution in [-0.4, -0.2) is 42.5 Å². The molecule has 3 heterocycles. The molecule has 1 aliphatic rings. The Morgan fingerprint density at radius 3 is 2.88 bits per heavy atom. The molecular formula is C19H24N2O3S2. The highest BCUT2D eigenvalue weighted by atomic mass is 32.1. The lowest BCUT2D eigenvalue weighted by molar-refractivity contribution is -0.118. The molecule has 0 saturated carbocycles. The van der Waals surface area contributed by atoms with Crippen LogP contribution in [0.2, 0.25) is 0 Å². The Labute approximate surface area is 162 Å². The number of carbonyl (C=O) groups is 2. The number of hydrogen-bond acceptors (Lipinski definition) is 6. The summed E-state index contributed by atoms with van der Waals surface area (Å²) in [5.41, 5.74) is 1.28. The number of thiophene rings is 2. The molecule has 0 spiro atoms. The van der Waals surface area contributed by atoms with Gasteiger partial charge in [-0.3, -0.25) is 9.69 Å². The molecule has 140 valence electrons. The van der Waals surface area contributed by atoms with Crippen molar-refractivity contribution in [3.63, 3.8) is 0 Å². The van der Waals surface area contributed by atoms with Gasteiger partial charge in [-0.15, -0.1) is 22.7 Å². The van der Waals surface area contributed by atoms with Crippen molar-refractivity contribution >= 4 is 39.6 Å². The maximum absolute atomic E-state index is 12.6. The summed E-state index contributed by atoms with van der Waals surface area (Å²) in [7, 11) is 0. The number of nitrogens with zero attached hydrogens (tertiary/aromatic N) is 1. The fourth-order valence-corrected chi connectivity index (χ4v) is 5.00. The van der Waals surface area contributed by atoms with Gasteiger partial charge in [0.15, 0.2) is 0 Å². The molecule has 1 saturated heterocycles. The van der Waals surface area contributed by atoms with E-state index in [-0.39, 0.29) is 5.91 Å². The third-order valence-electron chi connectivity index (χ3n) is 4.60. The van der Waals surface area contributed by atoms with E-state index < -0.39 is 5.97 Å². The first kappa shape index (κ1) is 19.1. The summed E-state index contributed by atoms with van der Waals surface area (Å²) in [5, 5.41) is 7.40. The van der Waals surface area contributed by atoms with Crippen LogP contribution >= 0.6 is 22.7 Å². The summed E-state index contributed by atoms with van der Waals surface area (Å²) in [6.07, 6.45) is 3.48. The van der Waals surface area contributed by atoms with Crippen molar-refractivity contribution in [3.8, 4) is 10.4 Å². The van der Waals surface area contributed by atoms with Gasteiger partial charge < -0.3 is 10.1 Å². The maximum Gasteiger partial charge on any atom is 0.341 e. The van der Waals surface area contributed by atoms with Crippen molar-refractivity contribution < 1.29 is 14.3 Å². The molecule has 0 aliphatic carbocycles. The standard InChI is InChI=1S/C19H24N2O3S2/c1-3-24-19(23)17-14(15-8-6-10-25-15)12-26-18(17)20-16(22)11-21-9-5-4-7-13(21)2/h6,8,10,12-13H,3-5,7,9,11H2,1-2H3,(H,20,22)/t13-/m0/s1. The molecule has 0 unspecified atom stereocenters. The van der Waals surface area contributed by atoms with Crippen LogP contribution in [0.25, 0.3) is 10.4 Å². The summed E-state index contributed by atoms with van der Waals surface area (Å²) in [5.74, 6) is -0.470. The minimum Gasteiger partial charge on any atom is -0.462 e. The average molecular weight is 393 g/mol. The summed E-state index contributed by atoms with van der Waals surface area (Å²) in [4.78, 5) is 28.3. The van der Waals surface area contributed by atoms with Gasteiger partial charge >= 0.3 is 5.97 Å². The molecule has 0 aromatic carbocycles. The van der Waals surface area contributed by atoms with Crippen LogP contribution in [0.4, 0.5) is 5.00 Å². The highest BCUT2D eigenvalue weighted by molar-refractivity contribution is 7.17. The molecule has 2 aromatic rings. The molecule has 1 amide bonds. The van der Waals surface area contributed by atoms with Gasteiger partial charge in [-0.1, -0.05) is 12.5 Å². The lowest BCUT2D eigenvalue weighted by Gasteiger charge is -2.32. The van der Waals surface area contributed by atoms with E-state index in [1.54, 1.807) is 18.3 Å². The van der Waals surface area contributed by atoms with Gasteiger partial charge in [-0.05, 0) is 44.7 Å². The van der Waals surface area contributed by atoms with E-state index in [0.29, 0.717) is 29.8 Å². The molecule has 1 atom stereocenters. The number of esters is 1. The lowest BCUT2D eigenvalue weighted by atomic mass is 10.0. The Balaban J connectivity index is 1.78. The quantitative estimate of drug-likeness (QED) is 0.737. The summed E-state index contributed by atoms with van der Waals surface area (Å²) < 4.78 is 5.22. The molecular weight excluding hydrogens is 368 g/mol. The van der Waals surface area contributed by atoms with Crippen LogP contribution < -0.4 is 5.32 Å². The molecule has 0 bridgehead atoms. The third-order valence-corrected chi connectivity index (χ3v) is 6.40. The normalized spacial score (nSPS) is 17.8. The van der Waals surface area contributed by atoms with Crippen LogP contribution in [0.3, 0.4) is 0 Å². The van der Waals surface area contributed by atoms with E-state index >= 15 is 0 Å². The van der Waals surface area contributed by atoms with E-state index in [2.05, 4.69) is 17.1 Å². The molecule has 2 aromatic heterocycles. The summed E-state index contributed by atoms with van der Waals surface area (Å²) >= 11 is 2.94. The topological polar surface area (TPSA) is 58.6 Å². The maximum atomic E-state index is 12.6. The highest BCUT2D eigenvalue weighted by Crippen LogP contribution is 2.38. The van der Waals surface area contributed by atoms with E-state index in [0.717, 1.165) is 29.8 Å². The number of hydrogen-bond donors (Lipinski definition) is 1. The smallest absolute Gasteiger partial charge is 0.341 e. The van der Waals surface area contributed by atoms with Crippen molar-refractivity contribution in [1.82, 2.24) is 4.90 Å². The van der Waals surface area contributed by atoms with E-state index in [4.69, 9.17) is 4.74 Å². The SMILES string of the molecule is CCOC(=O)c1c(-c2cccs2)csc1NC(=O)CN1CCCC[C@@H]1C. The first-order chi connectivity index (χ1) is 12.6.